The van der Waals surface area contributed by atoms with Crippen molar-refractivity contribution in [2.24, 2.45) is 11.5 Å². The molecule has 2 aromatic carbocycles. The van der Waals surface area contributed by atoms with E-state index in [2.05, 4.69) is 4.98 Å². The molecule has 0 atom stereocenters. The largest absolute Gasteiger partial charge is 0.508 e. The molecular weight excluding hydrogens is 328 g/mol. The van der Waals surface area contributed by atoms with E-state index >= 15 is 0 Å². The van der Waals surface area contributed by atoms with Crippen LogP contribution in [0, 0.1) is 0 Å². The van der Waals surface area contributed by atoms with Crippen LogP contribution in [0.3, 0.4) is 0 Å². The molecule has 4 aromatic rings. The Morgan fingerprint density at radius 2 is 1.65 bits per heavy atom. The van der Waals surface area contributed by atoms with Crippen molar-refractivity contribution in [3.8, 4) is 5.75 Å². The third kappa shape index (κ3) is 3.66. The van der Waals surface area contributed by atoms with Gasteiger partial charge in [-0.2, -0.15) is 4.73 Å². The number of para-hydroxylation sites is 1. The van der Waals surface area contributed by atoms with Crippen LogP contribution in [0.5, 0.6) is 5.75 Å². The first-order valence-corrected chi connectivity index (χ1v) is 8.61. The predicted octanol–water partition coefficient (Wildman–Crippen LogP) is 2.75. The van der Waals surface area contributed by atoms with Crippen molar-refractivity contribution in [3.63, 3.8) is 0 Å². The molecule has 6 heteroatoms. The molecule has 7 N–H and O–H groups in total. The van der Waals surface area contributed by atoms with E-state index in [4.69, 9.17) is 11.5 Å². The molecule has 0 aliphatic rings. The number of benzene rings is 2. The highest BCUT2D eigenvalue weighted by atomic mass is 16.5. The molecule has 0 aliphatic heterocycles. The second kappa shape index (κ2) is 7.95. The van der Waals surface area contributed by atoms with Crippen molar-refractivity contribution in [1.29, 1.82) is 0 Å². The van der Waals surface area contributed by atoms with E-state index in [0.29, 0.717) is 18.8 Å². The highest BCUT2D eigenvalue weighted by molar-refractivity contribution is 5.84. The van der Waals surface area contributed by atoms with Gasteiger partial charge in [0.2, 0.25) is 0 Å². The number of nitrogens with one attached hydrogen (secondary N) is 1. The van der Waals surface area contributed by atoms with E-state index in [1.54, 1.807) is 18.3 Å². The van der Waals surface area contributed by atoms with Crippen LogP contribution in [-0.4, -0.2) is 33.1 Å². The molecular formula is C20H24N4O2. The summed E-state index contributed by atoms with van der Waals surface area (Å²) in [7, 11) is 0. The number of hydrogen-bond acceptors (Lipinski definition) is 4. The predicted molar refractivity (Wildman–Crippen MR) is 105 cm³/mol. The van der Waals surface area contributed by atoms with Gasteiger partial charge in [0.1, 0.15) is 5.75 Å². The molecule has 6 nitrogen and oxygen atoms in total. The number of aromatic hydroxyl groups is 1. The normalized spacial score (nSPS) is 10.8. The van der Waals surface area contributed by atoms with Gasteiger partial charge >= 0.3 is 0 Å². The summed E-state index contributed by atoms with van der Waals surface area (Å²) in [4.78, 5) is 3.13. The molecule has 136 valence electrons. The molecule has 0 saturated carbocycles. The van der Waals surface area contributed by atoms with Crippen LogP contribution in [0.15, 0.2) is 54.9 Å². The summed E-state index contributed by atoms with van der Waals surface area (Å²) < 4.78 is 1.15. The molecule has 0 saturated heterocycles. The van der Waals surface area contributed by atoms with Crippen LogP contribution < -0.4 is 11.5 Å². The lowest BCUT2D eigenvalue weighted by Gasteiger charge is -1.96. The molecule has 0 radical (unpaired) electrons. The minimum atomic E-state index is 0.297. The fourth-order valence-electron chi connectivity index (χ4n) is 3.12. The Morgan fingerprint density at radius 1 is 0.923 bits per heavy atom. The summed E-state index contributed by atoms with van der Waals surface area (Å²) in [6.45, 7) is 1.23. The minimum absolute atomic E-state index is 0.297. The smallest absolute Gasteiger partial charge is 0.116 e. The average Bonchev–Trinajstić information content (AvgIpc) is 3.18. The summed E-state index contributed by atoms with van der Waals surface area (Å²) in [6.07, 6.45) is 5.30. The van der Waals surface area contributed by atoms with Gasteiger partial charge in [0.15, 0.2) is 0 Å². The first-order valence-electron chi connectivity index (χ1n) is 8.61. The van der Waals surface area contributed by atoms with Crippen LogP contribution in [0.2, 0.25) is 0 Å². The fourth-order valence-corrected chi connectivity index (χ4v) is 3.12. The quantitative estimate of drug-likeness (QED) is 0.363. The van der Waals surface area contributed by atoms with E-state index in [0.717, 1.165) is 50.5 Å². The van der Waals surface area contributed by atoms with Gasteiger partial charge in [-0.1, -0.05) is 18.2 Å². The summed E-state index contributed by atoms with van der Waals surface area (Å²) in [6, 6.07) is 13.0. The van der Waals surface area contributed by atoms with Crippen LogP contribution in [-0.2, 0) is 12.8 Å². The number of phenolic OH excluding ortho intramolecular Hbond substituents is 1. The second-order valence-electron chi connectivity index (χ2n) is 6.14. The third-order valence-electron chi connectivity index (χ3n) is 4.35. The molecule has 4 rings (SSSR count). The van der Waals surface area contributed by atoms with E-state index in [1.165, 1.54) is 0 Å². The third-order valence-corrected chi connectivity index (χ3v) is 4.35. The van der Waals surface area contributed by atoms with Crippen molar-refractivity contribution in [2.75, 3.05) is 13.1 Å². The fraction of sp³-hybridized carbons (Fsp3) is 0.200. The maximum atomic E-state index is 9.49. The minimum Gasteiger partial charge on any atom is -0.508 e. The number of nitrogens with two attached hydrogens (primary N) is 2. The van der Waals surface area contributed by atoms with Gasteiger partial charge in [0.05, 0.1) is 5.52 Å². The van der Waals surface area contributed by atoms with E-state index < -0.39 is 0 Å². The Morgan fingerprint density at radius 3 is 2.42 bits per heavy atom. The number of aromatic nitrogens is 2. The number of fused-ring (bicyclic) bond motifs is 2. The van der Waals surface area contributed by atoms with Crippen molar-refractivity contribution in [3.05, 3.63) is 66.0 Å². The summed E-state index contributed by atoms with van der Waals surface area (Å²) in [5.74, 6) is 0.297. The molecule has 0 fully saturated rings. The molecule has 2 aromatic heterocycles. The molecule has 26 heavy (non-hydrogen) atoms. The topological polar surface area (TPSA) is 113 Å². The monoisotopic (exact) mass is 352 g/mol. The van der Waals surface area contributed by atoms with Crippen LogP contribution in [0.4, 0.5) is 0 Å². The van der Waals surface area contributed by atoms with Crippen LogP contribution in [0.1, 0.15) is 11.1 Å². The second-order valence-corrected chi connectivity index (χ2v) is 6.14. The maximum absolute atomic E-state index is 9.49. The lowest BCUT2D eigenvalue weighted by atomic mass is 10.1. The van der Waals surface area contributed by atoms with Gasteiger partial charge in [-0.25, -0.2) is 0 Å². The van der Waals surface area contributed by atoms with Gasteiger partial charge in [-0.15, -0.1) is 0 Å². The van der Waals surface area contributed by atoms with E-state index in [-0.39, 0.29) is 0 Å². The number of phenols is 1. The van der Waals surface area contributed by atoms with E-state index in [1.807, 2.05) is 36.5 Å². The highest BCUT2D eigenvalue weighted by Crippen LogP contribution is 2.23. The van der Waals surface area contributed by atoms with E-state index in [9.17, 15) is 10.3 Å². The number of aromatic amines is 1. The summed E-state index contributed by atoms with van der Waals surface area (Å²) in [5.41, 5.74) is 15.1. The van der Waals surface area contributed by atoms with Gasteiger partial charge in [-0.05, 0) is 61.3 Å². The van der Waals surface area contributed by atoms with Crippen LogP contribution in [0.25, 0.3) is 21.8 Å². The molecule has 0 aliphatic carbocycles. The van der Waals surface area contributed by atoms with Gasteiger partial charge < -0.3 is 26.8 Å². The Bertz CT molecular complexity index is 1000. The van der Waals surface area contributed by atoms with Crippen molar-refractivity contribution < 1.29 is 10.3 Å². The standard InChI is InChI=1S/2C10H12N2O/c11-4-3-7-6-12-10-2-1-8(13)5-9(7)10;11-6-5-8-7-12(13)10-4-2-1-3-9(8)10/h1-2,5-6,12-13H,3-4,11H2;1-4,7,13H,5-6,11H2. The number of H-pyrrole nitrogens is 1. The Labute approximate surface area is 151 Å². The zero-order chi connectivity index (χ0) is 18.5. The molecule has 0 unspecified atom stereocenters. The molecule has 0 spiro atoms. The van der Waals surface area contributed by atoms with Gasteiger partial charge in [-0.3, -0.25) is 0 Å². The number of hydrogen-bond donors (Lipinski definition) is 5. The van der Waals surface area contributed by atoms with Crippen molar-refractivity contribution in [1.82, 2.24) is 9.71 Å². The van der Waals surface area contributed by atoms with Gasteiger partial charge in [0, 0.05) is 28.7 Å². The van der Waals surface area contributed by atoms with Crippen LogP contribution >= 0.6 is 0 Å². The zero-order valence-corrected chi connectivity index (χ0v) is 14.5. The maximum Gasteiger partial charge on any atom is 0.116 e. The highest BCUT2D eigenvalue weighted by Gasteiger charge is 2.05. The summed E-state index contributed by atoms with van der Waals surface area (Å²) >= 11 is 0. The lowest BCUT2D eigenvalue weighted by molar-refractivity contribution is 0.199. The lowest BCUT2D eigenvalue weighted by Crippen LogP contribution is -2.01. The SMILES string of the molecule is NCCc1c[nH]c2ccc(O)cc12.NCCc1cn(O)c2ccccc12. The Balaban J connectivity index is 0.000000151. The number of nitrogens with zero attached hydrogens (tertiary/aromatic N) is 1. The first-order chi connectivity index (χ1) is 12.6. The summed E-state index contributed by atoms with van der Waals surface area (Å²) in [5, 5.41) is 20.9. The molecule has 0 bridgehead atoms. The Hall–Kier alpha value is -2.96. The average molecular weight is 352 g/mol. The Kier molecular flexibility index (Phi) is 5.46. The van der Waals surface area contributed by atoms with Crippen molar-refractivity contribution >= 4 is 21.8 Å². The first kappa shape index (κ1) is 17.8. The van der Waals surface area contributed by atoms with Crippen molar-refractivity contribution in [2.45, 2.75) is 12.8 Å². The molecule has 0 amide bonds. The van der Waals surface area contributed by atoms with Gasteiger partial charge in [0.25, 0.3) is 0 Å². The zero-order valence-electron chi connectivity index (χ0n) is 14.5. The number of rotatable bonds is 4. The molecule has 2 heterocycles.